The van der Waals surface area contributed by atoms with Gasteiger partial charge in [-0.1, -0.05) is 49.4 Å². The first-order chi connectivity index (χ1) is 12.2. The maximum absolute atomic E-state index is 12.6. The predicted octanol–water partition coefficient (Wildman–Crippen LogP) is 3.34. The van der Waals surface area contributed by atoms with Crippen molar-refractivity contribution in [2.75, 3.05) is 17.1 Å². The Kier molecular flexibility index (Phi) is 6.42. The zero-order valence-electron chi connectivity index (χ0n) is 15.7. The van der Waals surface area contributed by atoms with Gasteiger partial charge in [-0.15, -0.1) is 0 Å². The minimum Gasteiger partial charge on any atom is -0.348 e. The normalized spacial score (nSPS) is 12.5. The zero-order valence-corrected chi connectivity index (χ0v) is 16.5. The molecule has 5 nitrogen and oxygen atoms in total. The van der Waals surface area contributed by atoms with E-state index in [1.54, 1.807) is 6.07 Å². The van der Waals surface area contributed by atoms with Crippen molar-refractivity contribution in [1.82, 2.24) is 5.32 Å². The molecule has 0 radical (unpaired) electrons. The van der Waals surface area contributed by atoms with Gasteiger partial charge in [0.05, 0.1) is 18.0 Å². The third kappa shape index (κ3) is 5.08. The van der Waals surface area contributed by atoms with Gasteiger partial charge in [-0.2, -0.15) is 0 Å². The van der Waals surface area contributed by atoms with E-state index in [1.807, 2.05) is 63.2 Å². The molecule has 1 N–H and O–H groups in total. The molecule has 0 spiro atoms. The van der Waals surface area contributed by atoms with Crippen LogP contribution in [0.4, 0.5) is 5.69 Å². The second kappa shape index (κ2) is 8.36. The van der Waals surface area contributed by atoms with Gasteiger partial charge in [0, 0.05) is 0 Å². The Hall–Kier alpha value is -2.34. The number of carbonyl (C=O) groups is 1. The summed E-state index contributed by atoms with van der Waals surface area (Å²) in [5.74, 6) is -0.327. The predicted molar refractivity (Wildman–Crippen MR) is 106 cm³/mol. The number of nitrogens with one attached hydrogen (secondary N) is 1. The van der Waals surface area contributed by atoms with E-state index in [9.17, 15) is 13.2 Å². The highest BCUT2D eigenvalue weighted by Crippen LogP contribution is 2.24. The second-order valence-electron chi connectivity index (χ2n) is 6.50. The molecule has 0 aromatic heterocycles. The van der Waals surface area contributed by atoms with E-state index in [1.165, 1.54) is 4.31 Å². The summed E-state index contributed by atoms with van der Waals surface area (Å²) in [6.07, 6.45) is 1.84. The van der Waals surface area contributed by atoms with Crippen molar-refractivity contribution >= 4 is 21.6 Å². The topological polar surface area (TPSA) is 66.5 Å². The lowest BCUT2D eigenvalue weighted by atomic mass is 10.0. The summed E-state index contributed by atoms with van der Waals surface area (Å²) < 4.78 is 25.8. The Morgan fingerprint density at radius 2 is 1.77 bits per heavy atom. The molecule has 2 rings (SSSR count). The van der Waals surface area contributed by atoms with Crippen LogP contribution in [0.25, 0.3) is 0 Å². The molecule has 2 aromatic carbocycles. The second-order valence-corrected chi connectivity index (χ2v) is 8.41. The molecule has 1 amide bonds. The molecule has 0 saturated heterocycles. The van der Waals surface area contributed by atoms with E-state index < -0.39 is 10.0 Å². The van der Waals surface area contributed by atoms with Crippen molar-refractivity contribution in [3.05, 3.63) is 65.2 Å². The van der Waals surface area contributed by atoms with Crippen molar-refractivity contribution in [1.29, 1.82) is 0 Å². The Morgan fingerprint density at radius 3 is 2.35 bits per heavy atom. The molecule has 0 aliphatic heterocycles. The molecule has 0 aliphatic carbocycles. The first-order valence-electron chi connectivity index (χ1n) is 8.61. The van der Waals surface area contributed by atoms with Crippen LogP contribution in [-0.4, -0.2) is 27.1 Å². The van der Waals surface area contributed by atoms with Crippen LogP contribution in [0, 0.1) is 13.8 Å². The van der Waals surface area contributed by atoms with Crippen molar-refractivity contribution in [2.45, 2.75) is 33.2 Å². The van der Waals surface area contributed by atoms with Crippen LogP contribution in [-0.2, 0) is 14.8 Å². The van der Waals surface area contributed by atoms with E-state index in [0.717, 1.165) is 29.4 Å². The van der Waals surface area contributed by atoms with E-state index >= 15 is 0 Å². The molecule has 2 aromatic rings. The highest BCUT2D eigenvalue weighted by Gasteiger charge is 2.23. The molecule has 0 bridgehead atoms. The summed E-state index contributed by atoms with van der Waals surface area (Å²) in [6.45, 7) is 5.47. The van der Waals surface area contributed by atoms with Crippen LogP contribution in [0.15, 0.2) is 48.5 Å². The Morgan fingerprint density at radius 1 is 1.12 bits per heavy atom. The monoisotopic (exact) mass is 374 g/mol. The standard InChI is InChI=1S/C20H26N2O3S/c1-5-18(17-9-7-6-8-10-17)21-20(23)14-22(26(4,24)25)19-13-15(2)11-12-16(19)3/h6-13,18H,5,14H2,1-4H3,(H,21,23)/t18-/m1/s1. The van der Waals surface area contributed by atoms with E-state index in [-0.39, 0.29) is 18.5 Å². The number of nitrogens with zero attached hydrogens (tertiary/aromatic N) is 1. The average molecular weight is 375 g/mol. The fourth-order valence-corrected chi connectivity index (χ4v) is 3.75. The zero-order chi connectivity index (χ0) is 19.3. The number of hydrogen-bond acceptors (Lipinski definition) is 3. The maximum atomic E-state index is 12.6. The van der Waals surface area contributed by atoms with Gasteiger partial charge >= 0.3 is 0 Å². The minimum absolute atomic E-state index is 0.149. The molecule has 0 aliphatic rings. The van der Waals surface area contributed by atoms with Crippen LogP contribution in [0.1, 0.15) is 36.1 Å². The third-order valence-corrected chi connectivity index (χ3v) is 5.39. The Labute approximate surface area is 156 Å². The van der Waals surface area contributed by atoms with Gasteiger partial charge in [0.15, 0.2) is 0 Å². The molecular formula is C20H26N2O3S. The molecule has 0 heterocycles. The van der Waals surface area contributed by atoms with E-state index in [4.69, 9.17) is 0 Å². The third-order valence-electron chi connectivity index (χ3n) is 4.27. The van der Waals surface area contributed by atoms with Gasteiger partial charge in [0.1, 0.15) is 6.54 Å². The molecule has 6 heteroatoms. The molecule has 26 heavy (non-hydrogen) atoms. The SMILES string of the molecule is CC[C@@H](NC(=O)CN(c1cc(C)ccc1C)S(C)(=O)=O)c1ccccc1. The van der Waals surface area contributed by atoms with E-state index in [0.29, 0.717) is 5.69 Å². The fourth-order valence-electron chi connectivity index (χ4n) is 2.85. The smallest absolute Gasteiger partial charge is 0.241 e. The number of rotatable bonds is 7. The van der Waals surface area contributed by atoms with Crippen molar-refractivity contribution in [3.8, 4) is 0 Å². The molecule has 0 fully saturated rings. The van der Waals surface area contributed by atoms with Crippen LogP contribution in [0.5, 0.6) is 0 Å². The lowest BCUT2D eigenvalue weighted by Gasteiger charge is -2.25. The fraction of sp³-hybridized carbons (Fsp3) is 0.350. The number of sulfonamides is 1. The van der Waals surface area contributed by atoms with Gasteiger partial charge in [0.2, 0.25) is 15.9 Å². The first-order valence-corrected chi connectivity index (χ1v) is 10.5. The number of aryl methyl sites for hydroxylation is 2. The van der Waals surface area contributed by atoms with Gasteiger partial charge < -0.3 is 5.32 Å². The summed E-state index contributed by atoms with van der Waals surface area (Å²) in [5.41, 5.74) is 3.29. The summed E-state index contributed by atoms with van der Waals surface area (Å²) in [7, 11) is -3.59. The van der Waals surface area contributed by atoms with Crippen molar-refractivity contribution in [2.24, 2.45) is 0 Å². The van der Waals surface area contributed by atoms with Gasteiger partial charge in [-0.05, 0) is 43.0 Å². The van der Waals surface area contributed by atoms with Crippen LogP contribution in [0.2, 0.25) is 0 Å². The summed E-state index contributed by atoms with van der Waals surface area (Å²) in [4.78, 5) is 12.6. The van der Waals surface area contributed by atoms with Gasteiger partial charge in [0.25, 0.3) is 0 Å². The van der Waals surface area contributed by atoms with Crippen LogP contribution < -0.4 is 9.62 Å². The summed E-state index contributed by atoms with van der Waals surface area (Å²) in [5, 5.41) is 2.94. The summed E-state index contributed by atoms with van der Waals surface area (Å²) >= 11 is 0. The number of anilines is 1. The highest BCUT2D eigenvalue weighted by atomic mass is 32.2. The number of amides is 1. The van der Waals surface area contributed by atoms with Gasteiger partial charge in [-0.3, -0.25) is 9.10 Å². The molecular weight excluding hydrogens is 348 g/mol. The number of carbonyl (C=O) groups excluding carboxylic acids is 1. The molecule has 0 saturated carbocycles. The maximum Gasteiger partial charge on any atom is 0.241 e. The van der Waals surface area contributed by atoms with Crippen molar-refractivity contribution in [3.63, 3.8) is 0 Å². The Balaban J connectivity index is 2.23. The molecule has 1 atom stereocenters. The minimum atomic E-state index is -3.59. The summed E-state index contributed by atoms with van der Waals surface area (Å²) in [6, 6.07) is 15.1. The quantitative estimate of drug-likeness (QED) is 0.808. The van der Waals surface area contributed by atoms with Crippen molar-refractivity contribution < 1.29 is 13.2 Å². The number of hydrogen-bond donors (Lipinski definition) is 1. The lowest BCUT2D eigenvalue weighted by molar-refractivity contribution is -0.120. The first kappa shape index (κ1) is 20.0. The lowest BCUT2D eigenvalue weighted by Crippen LogP contribution is -2.41. The number of benzene rings is 2. The van der Waals surface area contributed by atoms with E-state index in [2.05, 4.69) is 5.32 Å². The van der Waals surface area contributed by atoms with Gasteiger partial charge in [-0.25, -0.2) is 8.42 Å². The largest absolute Gasteiger partial charge is 0.348 e. The Bertz CT molecular complexity index is 864. The highest BCUT2D eigenvalue weighted by molar-refractivity contribution is 7.92. The van der Waals surface area contributed by atoms with Crippen LogP contribution in [0.3, 0.4) is 0 Å². The molecule has 140 valence electrons. The molecule has 0 unspecified atom stereocenters. The van der Waals surface area contributed by atoms with Crippen LogP contribution >= 0.6 is 0 Å². The average Bonchev–Trinajstić information content (AvgIpc) is 2.59.